The van der Waals surface area contributed by atoms with E-state index in [4.69, 9.17) is 16.4 Å². The molecule has 2 N–H and O–H groups in total. The van der Waals surface area contributed by atoms with Crippen molar-refractivity contribution in [3.63, 3.8) is 0 Å². The summed E-state index contributed by atoms with van der Waals surface area (Å²) in [6, 6.07) is 3.28. The number of amides is 4. The smallest absolute Gasteiger partial charge is 0.353 e. The van der Waals surface area contributed by atoms with E-state index in [9.17, 15) is 31.9 Å². The van der Waals surface area contributed by atoms with Crippen LogP contribution >= 0.6 is 11.6 Å². The number of urea groups is 1. The zero-order chi connectivity index (χ0) is 26.2. The Labute approximate surface area is 207 Å². The van der Waals surface area contributed by atoms with Gasteiger partial charge in [0.25, 0.3) is 5.91 Å². The van der Waals surface area contributed by atoms with Gasteiger partial charge in [-0.15, -0.1) is 0 Å². The van der Waals surface area contributed by atoms with Crippen molar-refractivity contribution < 1.29 is 36.8 Å². The minimum Gasteiger partial charge on any atom is -0.353 e. The fraction of sp³-hybridized carbons (Fsp3) is 0.429. The van der Waals surface area contributed by atoms with Crippen LogP contribution in [0.25, 0.3) is 0 Å². The lowest BCUT2D eigenvalue weighted by Gasteiger charge is -2.27. The molecule has 36 heavy (non-hydrogen) atoms. The lowest BCUT2D eigenvalue weighted by molar-refractivity contribution is -0.159. The van der Waals surface area contributed by atoms with Crippen LogP contribution in [0.2, 0.25) is 5.02 Å². The average molecular weight is 533 g/mol. The van der Waals surface area contributed by atoms with Crippen LogP contribution in [0.3, 0.4) is 0 Å². The Morgan fingerprint density at radius 1 is 1.31 bits per heavy atom. The summed E-state index contributed by atoms with van der Waals surface area (Å²) in [7, 11) is 1.34. The van der Waals surface area contributed by atoms with Crippen LogP contribution in [0.15, 0.2) is 18.2 Å². The summed E-state index contributed by atoms with van der Waals surface area (Å²) < 4.78 is 52.0. The first-order valence-corrected chi connectivity index (χ1v) is 11.2. The van der Waals surface area contributed by atoms with E-state index < -0.39 is 42.4 Å². The average Bonchev–Trinajstić information content (AvgIpc) is 3.09. The van der Waals surface area contributed by atoms with Gasteiger partial charge < -0.3 is 15.5 Å². The molecule has 0 bridgehead atoms. The molecule has 1 atom stereocenters. The summed E-state index contributed by atoms with van der Waals surface area (Å²) in [5, 5.41) is 10.0. The number of carbonyl (C=O) groups is 3. The molecule has 194 valence electrons. The Bertz CT molecular complexity index is 1200. The van der Waals surface area contributed by atoms with E-state index in [0.29, 0.717) is 29.9 Å². The zero-order valence-corrected chi connectivity index (χ0v) is 19.6. The van der Waals surface area contributed by atoms with Crippen LogP contribution in [0.4, 0.5) is 28.0 Å². The number of benzene rings is 1. The number of hydrogen-bond donors (Lipinski definition) is 2. The molecule has 0 spiro atoms. The van der Waals surface area contributed by atoms with Gasteiger partial charge >= 0.3 is 12.2 Å². The molecular formula is C21H21ClF4N6O4. The molecule has 0 fully saturated rings. The second kappa shape index (κ2) is 9.93. The van der Waals surface area contributed by atoms with Gasteiger partial charge in [0.05, 0.1) is 23.8 Å². The van der Waals surface area contributed by atoms with Crippen LogP contribution in [-0.4, -0.2) is 70.0 Å². The van der Waals surface area contributed by atoms with E-state index in [-0.39, 0.29) is 30.4 Å². The van der Waals surface area contributed by atoms with Gasteiger partial charge in [-0.05, 0) is 18.2 Å². The lowest BCUT2D eigenvalue weighted by Crippen LogP contribution is -2.41. The third-order valence-electron chi connectivity index (χ3n) is 5.62. The molecule has 0 saturated heterocycles. The molecule has 10 nitrogen and oxygen atoms in total. The highest BCUT2D eigenvalue weighted by atomic mass is 35.5. The van der Waals surface area contributed by atoms with Crippen molar-refractivity contribution in [2.24, 2.45) is 0 Å². The summed E-state index contributed by atoms with van der Waals surface area (Å²) in [5.74, 6) is -2.39. The molecule has 2 aliphatic heterocycles. The number of hydrogen-bond acceptors (Lipinski definition) is 5. The van der Waals surface area contributed by atoms with Gasteiger partial charge in [-0.2, -0.15) is 18.3 Å². The summed E-state index contributed by atoms with van der Waals surface area (Å²) >= 11 is 5.76. The molecule has 2 aromatic rings. The van der Waals surface area contributed by atoms with Crippen LogP contribution < -0.4 is 10.6 Å². The van der Waals surface area contributed by atoms with Crippen molar-refractivity contribution in [3.8, 4) is 0 Å². The van der Waals surface area contributed by atoms with Gasteiger partial charge in [0.15, 0.2) is 0 Å². The fourth-order valence-corrected chi connectivity index (χ4v) is 4.15. The molecule has 0 saturated carbocycles. The number of rotatable bonds is 4. The first kappa shape index (κ1) is 25.7. The number of aromatic nitrogens is 2. The highest BCUT2D eigenvalue weighted by molar-refractivity contribution is 6.31. The van der Waals surface area contributed by atoms with Gasteiger partial charge in [-0.3, -0.25) is 19.1 Å². The highest BCUT2D eigenvalue weighted by Crippen LogP contribution is 2.27. The minimum absolute atomic E-state index is 0.00894. The highest BCUT2D eigenvalue weighted by Gasteiger charge is 2.36. The topological polar surface area (TPSA) is 109 Å². The van der Waals surface area contributed by atoms with Crippen LogP contribution in [0, 0.1) is 5.82 Å². The molecule has 0 radical (unpaired) electrons. The maximum atomic E-state index is 13.4. The summed E-state index contributed by atoms with van der Waals surface area (Å²) in [4.78, 5) is 44.3. The molecule has 1 aromatic heterocycles. The van der Waals surface area contributed by atoms with Gasteiger partial charge in [0.2, 0.25) is 5.91 Å². The predicted molar refractivity (Wildman–Crippen MR) is 117 cm³/mol. The number of alkyl halides is 3. The van der Waals surface area contributed by atoms with Gasteiger partial charge in [-0.25, -0.2) is 14.2 Å². The van der Waals surface area contributed by atoms with E-state index in [2.05, 4.69) is 15.7 Å². The molecule has 1 aromatic carbocycles. The first-order valence-electron chi connectivity index (χ1n) is 10.8. The number of hydroxylamine groups is 2. The Balaban J connectivity index is 1.47. The van der Waals surface area contributed by atoms with Crippen LogP contribution in [0.5, 0.6) is 0 Å². The summed E-state index contributed by atoms with van der Waals surface area (Å²) in [5.41, 5.74) is 1.59. The Morgan fingerprint density at radius 3 is 2.75 bits per heavy atom. The zero-order valence-electron chi connectivity index (χ0n) is 18.9. The van der Waals surface area contributed by atoms with E-state index in [0.717, 1.165) is 11.1 Å². The Kier molecular flexibility index (Phi) is 7.09. The number of halogens is 5. The maximum Gasteiger partial charge on any atom is 0.397 e. The van der Waals surface area contributed by atoms with Crippen molar-refractivity contribution >= 4 is 35.1 Å². The van der Waals surface area contributed by atoms with E-state index in [1.54, 1.807) is 0 Å². The van der Waals surface area contributed by atoms with E-state index >= 15 is 0 Å². The summed E-state index contributed by atoms with van der Waals surface area (Å²) in [6.45, 7) is 0.0654. The molecule has 15 heteroatoms. The number of anilines is 1. The molecule has 3 heterocycles. The maximum absolute atomic E-state index is 13.4. The number of fused-ring (bicyclic) bond motifs is 3. The second-order valence-electron chi connectivity index (χ2n) is 8.31. The number of nitrogens with one attached hydrogen (secondary N) is 2. The van der Waals surface area contributed by atoms with E-state index in [1.165, 1.54) is 28.8 Å². The van der Waals surface area contributed by atoms with Crippen LogP contribution in [-0.2, 0) is 29.1 Å². The predicted octanol–water partition coefficient (Wildman–Crippen LogP) is 2.72. The third-order valence-corrected chi connectivity index (χ3v) is 5.91. The van der Waals surface area contributed by atoms with Crippen molar-refractivity contribution in [1.29, 1.82) is 0 Å². The van der Waals surface area contributed by atoms with Crippen molar-refractivity contribution in [1.82, 2.24) is 25.1 Å². The minimum atomic E-state index is -4.64. The standard InChI is InChI=1S/C21H21ClF4N6O4/c1-30-19(34)18-13-10-31(20(35)28-11-2-3-15(23)14(22)6-11)5-4-16(13)29-32(18)9-12(36-30)8-27-17(33)7-21(24,25)26/h2-3,6,12H,4-5,7-10H2,1H3,(H,27,33)(H,28,35). The molecule has 4 rings (SSSR count). The number of nitrogens with zero attached hydrogens (tertiary/aromatic N) is 4. The normalized spacial score (nSPS) is 17.8. The number of carbonyl (C=O) groups excluding carboxylic acids is 3. The van der Waals surface area contributed by atoms with Crippen molar-refractivity contribution in [3.05, 3.63) is 46.0 Å². The van der Waals surface area contributed by atoms with Gasteiger partial charge in [0.1, 0.15) is 24.0 Å². The monoisotopic (exact) mass is 532 g/mol. The first-order chi connectivity index (χ1) is 16.9. The van der Waals surface area contributed by atoms with Crippen molar-refractivity contribution in [2.45, 2.75) is 38.2 Å². The largest absolute Gasteiger partial charge is 0.397 e. The third kappa shape index (κ3) is 5.70. The Hall–Kier alpha value is -3.39. The second-order valence-corrected chi connectivity index (χ2v) is 8.72. The van der Waals surface area contributed by atoms with Gasteiger partial charge in [-0.1, -0.05) is 11.6 Å². The quantitative estimate of drug-likeness (QED) is 0.589. The lowest BCUT2D eigenvalue weighted by atomic mass is 10.1. The Morgan fingerprint density at radius 2 is 2.06 bits per heavy atom. The fourth-order valence-electron chi connectivity index (χ4n) is 3.97. The molecule has 1 unspecified atom stereocenters. The molecule has 0 aliphatic carbocycles. The summed E-state index contributed by atoms with van der Waals surface area (Å²) in [6.07, 6.45) is -6.78. The van der Waals surface area contributed by atoms with E-state index in [1.807, 2.05) is 0 Å². The molecule has 2 aliphatic rings. The molecule has 4 amide bonds. The molecular weight excluding hydrogens is 512 g/mol. The van der Waals surface area contributed by atoms with Crippen LogP contribution in [0.1, 0.15) is 28.2 Å². The SMILES string of the molecule is CN1OC(CNC(=O)CC(F)(F)F)Cn2nc3c(c2C1=O)CN(C(=O)Nc1ccc(F)c(Cl)c1)CC3. The van der Waals surface area contributed by atoms with Gasteiger partial charge in [0, 0.05) is 37.8 Å². The van der Waals surface area contributed by atoms with Crippen molar-refractivity contribution in [2.75, 3.05) is 25.5 Å².